The van der Waals surface area contributed by atoms with Crippen molar-refractivity contribution in [1.29, 1.82) is 0 Å². The smallest absolute Gasteiger partial charge is 0.262 e. The van der Waals surface area contributed by atoms with E-state index in [1.165, 1.54) is 0 Å². The second kappa shape index (κ2) is 10.1. The van der Waals surface area contributed by atoms with Crippen molar-refractivity contribution in [2.45, 2.75) is 0 Å². The highest BCUT2D eigenvalue weighted by molar-refractivity contribution is 6.33. The number of hydrogen-bond donors (Lipinski definition) is 1. The molecule has 3 rings (SSSR count). The number of rotatable bonds is 7. The molecule has 1 aliphatic heterocycles. The molecule has 8 heteroatoms. The van der Waals surface area contributed by atoms with E-state index in [-0.39, 0.29) is 12.5 Å². The van der Waals surface area contributed by atoms with Gasteiger partial charge in [0.1, 0.15) is 0 Å². The van der Waals surface area contributed by atoms with Gasteiger partial charge in [-0.3, -0.25) is 9.80 Å². The summed E-state index contributed by atoms with van der Waals surface area (Å²) in [4.78, 5) is 14.4. The summed E-state index contributed by atoms with van der Waals surface area (Å²) in [7, 11) is 3.67. The predicted molar refractivity (Wildman–Crippen MR) is 115 cm³/mol. The molecular formula is C21H25ClN4O3. The standard InChI is InChI=1S/C21H25ClN4O3/c1-25-9-11-26(12-10-25)23-14-16-7-8-19(20(13-16)28-2)29-15-21(27)24-18-6-4-3-5-17(18)22/h3-8,13-14H,9-12,15H2,1-2H3,(H,24,27)/b23-14+. The quantitative estimate of drug-likeness (QED) is 0.703. The van der Waals surface area contributed by atoms with E-state index >= 15 is 0 Å². The van der Waals surface area contributed by atoms with Crippen LogP contribution in [0, 0.1) is 0 Å². The van der Waals surface area contributed by atoms with Crippen molar-refractivity contribution < 1.29 is 14.3 Å². The average molecular weight is 417 g/mol. The van der Waals surface area contributed by atoms with Crippen molar-refractivity contribution in [2.24, 2.45) is 5.10 Å². The Kier molecular flexibility index (Phi) is 7.32. The maximum absolute atomic E-state index is 12.1. The number of nitrogens with one attached hydrogen (secondary N) is 1. The molecule has 0 atom stereocenters. The fraction of sp³-hybridized carbons (Fsp3) is 0.333. The first-order chi connectivity index (χ1) is 14.0. The highest BCUT2D eigenvalue weighted by Crippen LogP contribution is 2.28. The normalized spacial score (nSPS) is 14.8. The van der Waals surface area contributed by atoms with Gasteiger partial charge >= 0.3 is 0 Å². The zero-order valence-electron chi connectivity index (χ0n) is 16.6. The zero-order chi connectivity index (χ0) is 20.6. The maximum atomic E-state index is 12.1. The molecule has 29 heavy (non-hydrogen) atoms. The number of hydrazone groups is 1. The molecule has 0 unspecified atom stereocenters. The second-order valence-electron chi connectivity index (χ2n) is 6.73. The van der Waals surface area contributed by atoms with Crippen LogP contribution in [0.4, 0.5) is 5.69 Å². The van der Waals surface area contributed by atoms with Gasteiger partial charge in [0.25, 0.3) is 5.91 Å². The monoisotopic (exact) mass is 416 g/mol. The molecular weight excluding hydrogens is 392 g/mol. The van der Waals surface area contributed by atoms with Crippen LogP contribution in [0.15, 0.2) is 47.6 Å². The van der Waals surface area contributed by atoms with Crippen molar-refractivity contribution in [3.05, 3.63) is 53.1 Å². The number of hydrogen-bond acceptors (Lipinski definition) is 6. The highest BCUT2D eigenvalue weighted by Gasteiger charge is 2.12. The van der Waals surface area contributed by atoms with Crippen molar-refractivity contribution >= 4 is 29.4 Å². The lowest BCUT2D eigenvalue weighted by Crippen LogP contribution is -2.41. The number of amides is 1. The van der Waals surface area contributed by atoms with Crippen molar-refractivity contribution in [1.82, 2.24) is 9.91 Å². The number of ether oxygens (including phenoxy) is 2. The molecule has 2 aromatic carbocycles. The van der Waals surface area contributed by atoms with Gasteiger partial charge < -0.3 is 19.7 Å². The number of anilines is 1. The number of nitrogens with zero attached hydrogens (tertiary/aromatic N) is 3. The number of para-hydroxylation sites is 1. The first-order valence-electron chi connectivity index (χ1n) is 9.38. The van der Waals surface area contributed by atoms with E-state index in [0.717, 1.165) is 31.7 Å². The molecule has 0 spiro atoms. The number of halogens is 1. The van der Waals surface area contributed by atoms with E-state index in [1.807, 2.05) is 18.3 Å². The van der Waals surface area contributed by atoms with E-state index < -0.39 is 0 Å². The van der Waals surface area contributed by atoms with Gasteiger partial charge in [-0.25, -0.2) is 0 Å². The Balaban J connectivity index is 1.57. The third-order valence-electron chi connectivity index (χ3n) is 4.54. The van der Waals surface area contributed by atoms with Crippen molar-refractivity contribution in [3.8, 4) is 11.5 Å². The molecule has 0 saturated carbocycles. The molecule has 154 valence electrons. The fourth-order valence-electron chi connectivity index (χ4n) is 2.84. The Labute approximate surface area is 175 Å². The van der Waals surface area contributed by atoms with E-state index in [2.05, 4.69) is 27.4 Å². The largest absolute Gasteiger partial charge is 0.493 e. The molecule has 0 radical (unpaired) electrons. The Bertz CT molecular complexity index is 867. The van der Waals surface area contributed by atoms with E-state index in [9.17, 15) is 4.79 Å². The van der Waals surface area contributed by atoms with Gasteiger partial charge in [0.2, 0.25) is 0 Å². The zero-order valence-corrected chi connectivity index (χ0v) is 17.4. The number of benzene rings is 2. The lowest BCUT2D eigenvalue weighted by atomic mass is 10.2. The number of carbonyl (C=O) groups excluding carboxylic acids is 1. The van der Waals surface area contributed by atoms with Gasteiger partial charge in [0.15, 0.2) is 18.1 Å². The van der Waals surface area contributed by atoms with Gasteiger partial charge in [-0.2, -0.15) is 5.10 Å². The second-order valence-corrected chi connectivity index (χ2v) is 7.14. The predicted octanol–water partition coefficient (Wildman–Crippen LogP) is 2.95. The minimum Gasteiger partial charge on any atom is -0.493 e. The summed E-state index contributed by atoms with van der Waals surface area (Å²) in [5.41, 5.74) is 1.44. The SMILES string of the molecule is COc1cc(/C=N/N2CCN(C)CC2)ccc1OCC(=O)Nc1ccccc1Cl. The van der Waals surface area contributed by atoms with Crippen molar-refractivity contribution in [2.75, 3.05) is 52.3 Å². The Morgan fingerprint density at radius 2 is 1.93 bits per heavy atom. The summed E-state index contributed by atoms with van der Waals surface area (Å²) in [6, 6.07) is 12.5. The van der Waals surface area contributed by atoms with Crippen LogP contribution >= 0.6 is 11.6 Å². The summed E-state index contributed by atoms with van der Waals surface area (Å²) in [5, 5.41) is 9.78. The molecule has 0 aliphatic carbocycles. The number of carbonyl (C=O) groups is 1. The van der Waals surface area contributed by atoms with Crippen LogP contribution < -0.4 is 14.8 Å². The van der Waals surface area contributed by atoms with Crippen LogP contribution in [0.1, 0.15) is 5.56 Å². The first-order valence-corrected chi connectivity index (χ1v) is 9.75. The molecule has 2 aromatic rings. The van der Waals surface area contributed by atoms with E-state index in [0.29, 0.717) is 22.2 Å². The van der Waals surface area contributed by atoms with E-state index in [1.54, 1.807) is 37.4 Å². The third-order valence-corrected chi connectivity index (χ3v) is 4.87. The topological polar surface area (TPSA) is 66.4 Å². The van der Waals surface area contributed by atoms with Crippen molar-refractivity contribution in [3.63, 3.8) is 0 Å². The van der Waals surface area contributed by atoms with Gasteiger partial charge in [-0.05, 0) is 42.9 Å². The number of methoxy groups -OCH3 is 1. The minimum absolute atomic E-state index is 0.156. The summed E-state index contributed by atoms with van der Waals surface area (Å²) >= 11 is 6.05. The molecule has 7 nitrogen and oxygen atoms in total. The van der Waals surface area contributed by atoms with Gasteiger partial charge in [0.05, 0.1) is 24.0 Å². The molecule has 0 aromatic heterocycles. The Morgan fingerprint density at radius 3 is 2.66 bits per heavy atom. The molecule has 1 saturated heterocycles. The first kappa shape index (κ1) is 21.0. The van der Waals surface area contributed by atoms with Gasteiger partial charge in [-0.1, -0.05) is 23.7 Å². The van der Waals surface area contributed by atoms with E-state index in [4.69, 9.17) is 21.1 Å². The summed E-state index contributed by atoms with van der Waals surface area (Å²) in [6.07, 6.45) is 1.81. The van der Waals surface area contributed by atoms with Gasteiger partial charge in [-0.15, -0.1) is 0 Å². The number of piperazine rings is 1. The molecule has 0 bridgehead atoms. The number of likely N-dealkylation sites (N-methyl/N-ethyl adjacent to an activating group) is 1. The molecule has 1 heterocycles. The summed E-state index contributed by atoms with van der Waals surface area (Å²) < 4.78 is 11.0. The molecule has 1 N–H and O–H groups in total. The van der Waals surface area contributed by atoms with Gasteiger partial charge in [0, 0.05) is 26.2 Å². The molecule has 1 aliphatic rings. The van der Waals surface area contributed by atoms with Crippen LogP contribution in [-0.4, -0.2) is 69.0 Å². The Hall–Kier alpha value is -2.77. The lowest BCUT2D eigenvalue weighted by Gasteiger charge is -2.30. The Morgan fingerprint density at radius 1 is 1.17 bits per heavy atom. The fourth-order valence-corrected chi connectivity index (χ4v) is 3.02. The van der Waals surface area contributed by atoms with Crippen LogP contribution in [0.25, 0.3) is 0 Å². The molecule has 1 fully saturated rings. The van der Waals surface area contributed by atoms with Crippen LogP contribution in [0.5, 0.6) is 11.5 Å². The lowest BCUT2D eigenvalue weighted by molar-refractivity contribution is -0.118. The average Bonchev–Trinajstić information content (AvgIpc) is 2.73. The molecule has 1 amide bonds. The minimum atomic E-state index is -0.305. The van der Waals surface area contributed by atoms with Crippen LogP contribution in [-0.2, 0) is 4.79 Å². The maximum Gasteiger partial charge on any atom is 0.262 e. The summed E-state index contributed by atoms with van der Waals surface area (Å²) in [5.74, 6) is 0.720. The third kappa shape index (κ3) is 6.10. The van der Waals surface area contributed by atoms with Crippen LogP contribution in [0.2, 0.25) is 5.02 Å². The summed E-state index contributed by atoms with van der Waals surface area (Å²) in [6.45, 7) is 3.67. The van der Waals surface area contributed by atoms with Crippen LogP contribution in [0.3, 0.4) is 0 Å². The highest BCUT2D eigenvalue weighted by atomic mass is 35.5.